The van der Waals surface area contributed by atoms with Crippen molar-refractivity contribution in [2.24, 2.45) is 5.73 Å². The van der Waals surface area contributed by atoms with Gasteiger partial charge in [0.1, 0.15) is 0 Å². The van der Waals surface area contributed by atoms with E-state index in [1.165, 1.54) is 0 Å². The van der Waals surface area contributed by atoms with Crippen molar-refractivity contribution in [3.63, 3.8) is 0 Å². The first kappa shape index (κ1) is 11.5. The molecule has 0 bridgehead atoms. The predicted molar refractivity (Wildman–Crippen MR) is 59.4 cm³/mol. The molecular weight excluding hydrogens is 198 g/mol. The molecule has 0 radical (unpaired) electrons. The second-order valence-corrected chi connectivity index (χ2v) is 4.37. The monoisotopic (exact) mass is 213 g/mol. The van der Waals surface area contributed by atoms with E-state index in [1.54, 1.807) is 7.11 Å². The van der Waals surface area contributed by atoms with Crippen LogP contribution < -0.4 is 5.73 Å². The molecule has 0 saturated carbocycles. The lowest BCUT2D eigenvalue weighted by Gasteiger charge is -2.20. The van der Waals surface area contributed by atoms with Crippen molar-refractivity contribution in [3.8, 4) is 0 Å². The van der Waals surface area contributed by atoms with Gasteiger partial charge in [0.15, 0.2) is 0 Å². The molecule has 2 N–H and O–H groups in total. The first-order chi connectivity index (χ1) is 6.45. The highest BCUT2D eigenvalue weighted by Crippen LogP contribution is 2.24. The summed E-state index contributed by atoms with van der Waals surface area (Å²) in [6.45, 7) is 4.44. The summed E-state index contributed by atoms with van der Waals surface area (Å²) in [6, 6.07) is 5.84. The Bertz CT molecular complexity index is 318. The maximum absolute atomic E-state index is 6.08. The molecule has 0 saturated heterocycles. The van der Waals surface area contributed by atoms with Crippen LogP contribution in [-0.2, 0) is 16.9 Å². The lowest BCUT2D eigenvalue weighted by Crippen LogP contribution is -2.28. The lowest BCUT2D eigenvalue weighted by atomic mass is 9.95. The molecular formula is C11H16ClNO. The molecule has 0 aliphatic heterocycles. The molecule has 2 nitrogen and oxygen atoms in total. The van der Waals surface area contributed by atoms with E-state index in [0.29, 0.717) is 11.6 Å². The summed E-state index contributed by atoms with van der Waals surface area (Å²) < 4.78 is 5.02. The fraction of sp³-hybridized carbons (Fsp3) is 0.455. The van der Waals surface area contributed by atoms with Gasteiger partial charge in [-0.2, -0.15) is 0 Å². The zero-order valence-corrected chi connectivity index (χ0v) is 9.56. The number of methoxy groups -OCH3 is 1. The van der Waals surface area contributed by atoms with Crippen LogP contribution in [-0.4, -0.2) is 7.11 Å². The molecule has 78 valence electrons. The lowest BCUT2D eigenvalue weighted by molar-refractivity contribution is 0.185. The van der Waals surface area contributed by atoms with Crippen molar-refractivity contribution in [2.75, 3.05) is 7.11 Å². The SMILES string of the molecule is COCc1ccc(C(C)(C)N)cc1Cl. The van der Waals surface area contributed by atoms with Gasteiger partial charge in [-0.15, -0.1) is 0 Å². The minimum absolute atomic E-state index is 0.352. The van der Waals surface area contributed by atoms with Crippen molar-refractivity contribution in [1.82, 2.24) is 0 Å². The molecule has 3 heteroatoms. The fourth-order valence-corrected chi connectivity index (χ4v) is 1.46. The van der Waals surface area contributed by atoms with E-state index in [0.717, 1.165) is 11.1 Å². The van der Waals surface area contributed by atoms with E-state index in [-0.39, 0.29) is 5.54 Å². The van der Waals surface area contributed by atoms with Crippen LogP contribution in [0.4, 0.5) is 0 Å². The Morgan fingerprint density at radius 3 is 2.50 bits per heavy atom. The predicted octanol–water partition coefficient (Wildman–Crippen LogP) is 2.68. The summed E-state index contributed by atoms with van der Waals surface area (Å²) in [5, 5.41) is 0.711. The molecule has 1 aromatic carbocycles. The highest BCUT2D eigenvalue weighted by molar-refractivity contribution is 6.31. The summed E-state index contributed by atoms with van der Waals surface area (Å²) in [5.41, 5.74) is 7.63. The number of ether oxygens (including phenoxy) is 1. The summed E-state index contributed by atoms with van der Waals surface area (Å²) in [5.74, 6) is 0. The largest absolute Gasteiger partial charge is 0.380 e. The highest BCUT2D eigenvalue weighted by atomic mass is 35.5. The number of hydrogen-bond donors (Lipinski definition) is 1. The number of benzene rings is 1. The first-order valence-electron chi connectivity index (χ1n) is 4.52. The third kappa shape index (κ3) is 2.71. The zero-order chi connectivity index (χ0) is 10.8. The first-order valence-corrected chi connectivity index (χ1v) is 4.89. The van der Waals surface area contributed by atoms with E-state index < -0.39 is 0 Å². The molecule has 0 unspecified atom stereocenters. The number of nitrogens with two attached hydrogens (primary N) is 1. The third-order valence-electron chi connectivity index (χ3n) is 2.10. The van der Waals surface area contributed by atoms with Crippen LogP contribution in [0.3, 0.4) is 0 Å². The molecule has 0 heterocycles. The van der Waals surface area contributed by atoms with Crippen LogP contribution in [0.25, 0.3) is 0 Å². The zero-order valence-electron chi connectivity index (χ0n) is 8.80. The Labute approximate surface area is 90.0 Å². The molecule has 1 rings (SSSR count). The Morgan fingerprint density at radius 2 is 2.07 bits per heavy atom. The van der Waals surface area contributed by atoms with E-state index >= 15 is 0 Å². The minimum atomic E-state index is -0.352. The van der Waals surface area contributed by atoms with Gasteiger partial charge in [-0.05, 0) is 31.0 Å². The van der Waals surface area contributed by atoms with Crippen LogP contribution in [0.15, 0.2) is 18.2 Å². The molecule has 0 aliphatic carbocycles. The second-order valence-electron chi connectivity index (χ2n) is 3.96. The highest BCUT2D eigenvalue weighted by Gasteiger charge is 2.15. The third-order valence-corrected chi connectivity index (χ3v) is 2.45. The van der Waals surface area contributed by atoms with Crippen molar-refractivity contribution >= 4 is 11.6 Å². The van der Waals surface area contributed by atoms with Crippen LogP contribution in [0.1, 0.15) is 25.0 Å². The molecule has 0 spiro atoms. The van der Waals surface area contributed by atoms with Gasteiger partial charge in [0.2, 0.25) is 0 Å². The van der Waals surface area contributed by atoms with Gasteiger partial charge in [-0.3, -0.25) is 0 Å². The van der Waals surface area contributed by atoms with Crippen LogP contribution in [0.5, 0.6) is 0 Å². The van der Waals surface area contributed by atoms with Gasteiger partial charge < -0.3 is 10.5 Å². The topological polar surface area (TPSA) is 35.2 Å². The Hall–Kier alpha value is -0.570. The summed E-state index contributed by atoms with van der Waals surface area (Å²) in [6.07, 6.45) is 0. The maximum atomic E-state index is 6.08. The van der Waals surface area contributed by atoms with E-state index in [4.69, 9.17) is 22.1 Å². The van der Waals surface area contributed by atoms with Crippen molar-refractivity contribution in [1.29, 1.82) is 0 Å². The Kier molecular flexibility index (Phi) is 3.53. The van der Waals surface area contributed by atoms with Crippen molar-refractivity contribution < 1.29 is 4.74 Å². The van der Waals surface area contributed by atoms with Crippen LogP contribution in [0, 0.1) is 0 Å². The van der Waals surface area contributed by atoms with Gasteiger partial charge in [-0.25, -0.2) is 0 Å². The number of hydrogen-bond acceptors (Lipinski definition) is 2. The number of halogens is 1. The molecule has 0 amide bonds. The molecule has 0 aliphatic rings. The molecule has 0 atom stereocenters. The van der Waals surface area contributed by atoms with Crippen molar-refractivity contribution in [3.05, 3.63) is 34.3 Å². The molecule has 1 aromatic rings. The van der Waals surface area contributed by atoms with Gasteiger partial charge >= 0.3 is 0 Å². The van der Waals surface area contributed by atoms with E-state index in [2.05, 4.69) is 0 Å². The summed E-state index contributed by atoms with van der Waals surface area (Å²) in [7, 11) is 1.65. The van der Waals surface area contributed by atoms with E-state index in [9.17, 15) is 0 Å². The second kappa shape index (κ2) is 4.30. The molecule has 14 heavy (non-hydrogen) atoms. The molecule has 0 aromatic heterocycles. The Morgan fingerprint density at radius 1 is 1.43 bits per heavy atom. The normalized spacial score (nSPS) is 11.8. The number of rotatable bonds is 3. The van der Waals surface area contributed by atoms with E-state index in [1.807, 2.05) is 32.0 Å². The maximum Gasteiger partial charge on any atom is 0.0727 e. The Balaban J connectivity index is 3.01. The van der Waals surface area contributed by atoms with Gasteiger partial charge in [-0.1, -0.05) is 23.7 Å². The summed E-state index contributed by atoms with van der Waals surface area (Å²) in [4.78, 5) is 0. The van der Waals surface area contributed by atoms with Crippen molar-refractivity contribution in [2.45, 2.75) is 26.0 Å². The quantitative estimate of drug-likeness (QED) is 0.838. The standard InChI is InChI=1S/C11H16ClNO/c1-11(2,13)9-5-4-8(7-14-3)10(12)6-9/h4-6H,7,13H2,1-3H3. The van der Waals surface area contributed by atoms with Gasteiger partial charge in [0, 0.05) is 17.7 Å². The van der Waals surface area contributed by atoms with Gasteiger partial charge in [0.05, 0.1) is 6.61 Å². The van der Waals surface area contributed by atoms with Crippen LogP contribution in [0.2, 0.25) is 5.02 Å². The smallest absolute Gasteiger partial charge is 0.0727 e. The summed E-state index contributed by atoms with van der Waals surface area (Å²) >= 11 is 6.08. The average molecular weight is 214 g/mol. The minimum Gasteiger partial charge on any atom is -0.380 e. The van der Waals surface area contributed by atoms with Crippen LogP contribution >= 0.6 is 11.6 Å². The van der Waals surface area contributed by atoms with Gasteiger partial charge in [0.25, 0.3) is 0 Å². The molecule has 0 fully saturated rings. The average Bonchev–Trinajstić information content (AvgIpc) is 2.07. The fourth-order valence-electron chi connectivity index (χ4n) is 1.22.